The van der Waals surface area contributed by atoms with E-state index in [1.807, 2.05) is 35.6 Å². The van der Waals surface area contributed by atoms with Crippen LogP contribution in [0.25, 0.3) is 21.9 Å². The molecule has 1 atom stereocenters. The van der Waals surface area contributed by atoms with Crippen LogP contribution in [-0.2, 0) is 0 Å². The number of aromatic amines is 1. The fraction of sp³-hybridized carbons (Fsp3) is 0.400. The normalized spacial score (nSPS) is 21.8. The molecular formula is C30H32N6O2. The molecule has 1 unspecified atom stereocenters. The number of amides is 2. The zero-order valence-corrected chi connectivity index (χ0v) is 21.4. The Balaban J connectivity index is 1.03. The first-order chi connectivity index (χ1) is 18.7. The van der Waals surface area contributed by atoms with Crippen LogP contribution < -0.4 is 10.1 Å². The molecular weight excluding hydrogens is 476 g/mol. The Bertz CT molecular complexity index is 1470. The Kier molecular flexibility index (Phi) is 6.82. The number of rotatable bonds is 5. The second-order valence-electron chi connectivity index (χ2n) is 10.6. The summed E-state index contributed by atoms with van der Waals surface area (Å²) in [5.41, 5.74) is 3.81. The highest BCUT2D eigenvalue weighted by molar-refractivity contribution is 6.05. The summed E-state index contributed by atoms with van der Waals surface area (Å²) in [6, 6.07) is 13.8. The van der Waals surface area contributed by atoms with Gasteiger partial charge >= 0.3 is 6.03 Å². The number of ether oxygens (including phenoxy) is 1. The third kappa shape index (κ3) is 5.01. The van der Waals surface area contributed by atoms with Crippen LogP contribution in [0.4, 0.5) is 4.79 Å². The van der Waals surface area contributed by atoms with Crippen molar-refractivity contribution in [3.63, 3.8) is 0 Å². The van der Waals surface area contributed by atoms with E-state index in [0.717, 1.165) is 67.4 Å². The number of nitriles is 1. The van der Waals surface area contributed by atoms with Gasteiger partial charge in [0, 0.05) is 48.2 Å². The molecule has 8 nitrogen and oxygen atoms in total. The number of nitrogens with zero attached hydrogens (tertiary/aromatic N) is 4. The number of H-pyrrole nitrogens is 1. The monoisotopic (exact) mass is 508 g/mol. The maximum absolute atomic E-state index is 13.1. The van der Waals surface area contributed by atoms with E-state index >= 15 is 0 Å². The Labute approximate surface area is 222 Å². The van der Waals surface area contributed by atoms with Gasteiger partial charge in [-0.1, -0.05) is 0 Å². The topological polar surface area (TPSA) is 107 Å². The summed E-state index contributed by atoms with van der Waals surface area (Å²) >= 11 is 0. The average Bonchev–Trinajstić information content (AvgIpc) is 3.46. The molecule has 1 saturated carbocycles. The number of nitrogens with one attached hydrogen (secondary N) is 2. The number of hydrogen-bond acceptors (Lipinski definition) is 5. The summed E-state index contributed by atoms with van der Waals surface area (Å²) in [5.74, 6) is 1.53. The zero-order valence-electron chi connectivity index (χ0n) is 21.4. The molecule has 1 aromatic carbocycles. The number of fused-ring (bicyclic) bond motifs is 3. The highest BCUT2D eigenvalue weighted by Crippen LogP contribution is 2.38. The van der Waals surface area contributed by atoms with Crippen LogP contribution in [0.3, 0.4) is 0 Å². The lowest BCUT2D eigenvalue weighted by atomic mass is 9.80. The smallest absolute Gasteiger partial charge is 0.317 e. The predicted octanol–water partition coefficient (Wildman–Crippen LogP) is 5.51. The van der Waals surface area contributed by atoms with Crippen molar-refractivity contribution >= 4 is 28.0 Å². The van der Waals surface area contributed by atoms with Gasteiger partial charge < -0.3 is 19.9 Å². The molecule has 0 bridgehead atoms. The van der Waals surface area contributed by atoms with Gasteiger partial charge in [-0.15, -0.1) is 0 Å². The lowest BCUT2D eigenvalue weighted by molar-refractivity contribution is 0.133. The molecule has 194 valence electrons. The van der Waals surface area contributed by atoms with Gasteiger partial charge in [-0.05, 0) is 86.4 Å². The highest BCUT2D eigenvalue weighted by Gasteiger charge is 2.29. The van der Waals surface area contributed by atoms with Gasteiger partial charge in [0.15, 0.2) is 5.65 Å². The van der Waals surface area contributed by atoms with Gasteiger partial charge in [0.05, 0.1) is 30.0 Å². The van der Waals surface area contributed by atoms with E-state index in [1.165, 1.54) is 10.9 Å². The van der Waals surface area contributed by atoms with Crippen LogP contribution in [0.15, 0.2) is 55.0 Å². The molecule has 0 spiro atoms. The molecule has 38 heavy (non-hydrogen) atoms. The van der Waals surface area contributed by atoms with E-state index in [2.05, 4.69) is 38.5 Å². The van der Waals surface area contributed by atoms with E-state index in [0.29, 0.717) is 30.6 Å². The summed E-state index contributed by atoms with van der Waals surface area (Å²) in [5, 5.41) is 14.6. The molecule has 1 aliphatic carbocycles. The number of likely N-dealkylation sites (tertiary alicyclic amines) is 1. The molecule has 4 aromatic rings. The summed E-state index contributed by atoms with van der Waals surface area (Å²) in [7, 11) is 0. The van der Waals surface area contributed by atoms with Crippen molar-refractivity contribution in [3.8, 4) is 11.8 Å². The number of aromatic nitrogens is 3. The number of carbonyl (C=O) groups is 1. The van der Waals surface area contributed by atoms with Gasteiger partial charge in [0.25, 0.3) is 0 Å². The largest absolute Gasteiger partial charge is 0.493 e. The molecule has 1 aliphatic heterocycles. The number of carbonyl (C=O) groups excluding carboxylic acids is 1. The molecule has 0 radical (unpaired) electrons. The first-order valence-electron chi connectivity index (χ1n) is 13.6. The Morgan fingerprint density at radius 2 is 1.95 bits per heavy atom. The van der Waals surface area contributed by atoms with Crippen molar-refractivity contribution in [3.05, 3.63) is 66.1 Å². The minimum absolute atomic E-state index is 0.0481. The SMILES string of the molecule is N#Cc1ccc(OCC2CCCN(C(=O)NC3CCC(c4cc[nH]c5cnc6nccc6c45)CC3)C2)cc1. The van der Waals surface area contributed by atoms with Gasteiger partial charge in [-0.25, -0.2) is 14.8 Å². The average molecular weight is 509 g/mol. The first-order valence-corrected chi connectivity index (χ1v) is 13.6. The van der Waals surface area contributed by atoms with Gasteiger partial charge in [0.2, 0.25) is 0 Å². The summed E-state index contributed by atoms with van der Waals surface area (Å²) in [6.45, 7) is 2.07. The van der Waals surface area contributed by atoms with Crippen molar-refractivity contribution in [1.82, 2.24) is 25.2 Å². The molecule has 2 N–H and O–H groups in total. The second-order valence-corrected chi connectivity index (χ2v) is 10.6. The highest BCUT2D eigenvalue weighted by atomic mass is 16.5. The predicted molar refractivity (Wildman–Crippen MR) is 146 cm³/mol. The van der Waals surface area contributed by atoms with E-state index < -0.39 is 0 Å². The van der Waals surface area contributed by atoms with Gasteiger partial charge in [-0.2, -0.15) is 5.26 Å². The molecule has 2 fully saturated rings. The minimum atomic E-state index is 0.0481. The van der Waals surface area contributed by atoms with Crippen molar-refractivity contribution in [2.45, 2.75) is 50.5 Å². The standard InChI is InChI=1S/C30H32N6O2/c31-16-20-3-9-24(10-4-20)38-19-21-2-1-15-36(18-21)30(37)35-23-7-5-22(6-8-23)25-11-13-32-27-17-34-29-26(28(25)27)12-14-33-29/h3-4,9-14,17,21-23,32H,1-2,5-8,15,18-19H2,(H,35,37). The van der Waals surface area contributed by atoms with Crippen LogP contribution in [0, 0.1) is 17.2 Å². The van der Waals surface area contributed by atoms with Crippen molar-refractivity contribution in [1.29, 1.82) is 5.26 Å². The van der Waals surface area contributed by atoms with Crippen molar-refractivity contribution < 1.29 is 9.53 Å². The molecule has 3 aromatic heterocycles. The van der Waals surface area contributed by atoms with E-state index in [-0.39, 0.29) is 12.1 Å². The molecule has 6 rings (SSSR count). The number of hydrogen-bond donors (Lipinski definition) is 2. The number of urea groups is 1. The maximum Gasteiger partial charge on any atom is 0.317 e. The molecule has 2 amide bonds. The minimum Gasteiger partial charge on any atom is -0.493 e. The van der Waals surface area contributed by atoms with Crippen LogP contribution in [-0.4, -0.2) is 51.6 Å². The van der Waals surface area contributed by atoms with Gasteiger partial charge in [-0.3, -0.25) is 0 Å². The lowest BCUT2D eigenvalue weighted by Gasteiger charge is -2.35. The van der Waals surface area contributed by atoms with Crippen molar-refractivity contribution in [2.75, 3.05) is 19.7 Å². The lowest BCUT2D eigenvalue weighted by Crippen LogP contribution is -2.50. The third-order valence-corrected chi connectivity index (χ3v) is 8.09. The quantitative estimate of drug-likeness (QED) is 0.370. The first kappa shape index (κ1) is 24.2. The summed E-state index contributed by atoms with van der Waals surface area (Å²) in [6.07, 6.45) is 11.8. The van der Waals surface area contributed by atoms with Crippen LogP contribution >= 0.6 is 0 Å². The fourth-order valence-corrected chi connectivity index (χ4v) is 6.07. The summed E-state index contributed by atoms with van der Waals surface area (Å²) in [4.78, 5) is 27.3. The molecule has 4 heterocycles. The molecule has 8 heteroatoms. The number of benzene rings is 1. The second kappa shape index (κ2) is 10.7. The summed E-state index contributed by atoms with van der Waals surface area (Å²) < 4.78 is 5.95. The van der Waals surface area contributed by atoms with Crippen LogP contribution in [0.1, 0.15) is 55.6 Å². The van der Waals surface area contributed by atoms with Crippen molar-refractivity contribution in [2.24, 2.45) is 5.92 Å². The van der Waals surface area contributed by atoms with Crippen LogP contribution in [0.5, 0.6) is 5.75 Å². The number of pyridine rings is 2. The molecule has 2 aliphatic rings. The Morgan fingerprint density at radius 1 is 1.11 bits per heavy atom. The zero-order chi connectivity index (χ0) is 25.9. The van der Waals surface area contributed by atoms with E-state index in [1.54, 1.807) is 12.1 Å². The molecule has 1 saturated heterocycles. The third-order valence-electron chi connectivity index (χ3n) is 8.09. The Hall–Kier alpha value is -4.12. The van der Waals surface area contributed by atoms with Gasteiger partial charge in [0.1, 0.15) is 5.75 Å². The fourth-order valence-electron chi connectivity index (χ4n) is 6.07. The van der Waals surface area contributed by atoms with Crippen LogP contribution in [0.2, 0.25) is 0 Å². The maximum atomic E-state index is 13.1. The van der Waals surface area contributed by atoms with E-state index in [4.69, 9.17) is 10.00 Å². The number of piperidine rings is 1. The van der Waals surface area contributed by atoms with E-state index in [9.17, 15) is 4.79 Å². The Morgan fingerprint density at radius 3 is 2.76 bits per heavy atom.